The normalized spacial score (nSPS) is 18.9. The molecule has 2 aromatic carbocycles. The van der Waals surface area contributed by atoms with Crippen LogP contribution in [0, 0.1) is 11.2 Å². The van der Waals surface area contributed by atoms with E-state index in [0.717, 1.165) is 56.6 Å². The number of likely N-dealkylation sites (tertiary alicyclic amines) is 1. The van der Waals surface area contributed by atoms with Gasteiger partial charge in [0.05, 0.1) is 22.8 Å². The molecule has 4 heterocycles. The first-order chi connectivity index (χ1) is 20.2. The molecule has 1 spiro atoms. The lowest BCUT2D eigenvalue weighted by Crippen LogP contribution is -2.36. The van der Waals surface area contributed by atoms with Crippen LogP contribution in [0.25, 0.3) is 11.0 Å². The van der Waals surface area contributed by atoms with Crippen LogP contribution in [0.4, 0.5) is 10.2 Å². The van der Waals surface area contributed by atoms with Gasteiger partial charge in [0.2, 0.25) is 0 Å². The van der Waals surface area contributed by atoms with E-state index in [0.29, 0.717) is 18.1 Å². The number of halogens is 1. The minimum absolute atomic E-state index is 0.0402. The Labute approximate surface area is 243 Å². The van der Waals surface area contributed by atoms with Crippen molar-refractivity contribution in [3.8, 4) is 11.5 Å². The number of aromatic nitrogens is 4. The van der Waals surface area contributed by atoms with Crippen LogP contribution in [0.15, 0.2) is 53.7 Å². The van der Waals surface area contributed by atoms with E-state index >= 15 is 0 Å². The van der Waals surface area contributed by atoms with E-state index in [-0.39, 0.29) is 34.4 Å². The average molecular weight is 574 g/mol. The molecule has 2 aliphatic rings. The number of nitrogens with zero attached hydrogens (tertiary/aromatic N) is 5. The maximum Gasteiger partial charge on any atom is 0.323 e. The monoisotopic (exact) mass is 573 g/mol. The van der Waals surface area contributed by atoms with Crippen molar-refractivity contribution in [1.29, 1.82) is 0 Å². The van der Waals surface area contributed by atoms with Crippen LogP contribution in [-0.4, -0.2) is 74.4 Å². The van der Waals surface area contributed by atoms with Gasteiger partial charge in [-0.2, -0.15) is 0 Å². The molecule has 10 nitrogen and oxygen atoms in total. The molecule has 1 unspecified atom stereocenters. The van der Waals surface area contributed by atoms with Gasteiger partial charge in [-0.1, -0.05) is 6.07 Å². The summed E-state index contributed by atoms with van der Waals surface area (Å²) in [7, 11) is 0. The van der Waals surface area contributed by atoms with Crippen LogP contribution in [0.2, 0.25) is 0 Å². The molecule has 0 radical (unpaired) electrons. The Morgan fingerprint density at radius 3 is 2.71 bits per heavy atom. The van der Waals surface area contributed by atoms with Crippen molar-refractivity contribution < 1.29 is 13.9 Å². The number of fused-ring (bicyclic) bond motifs is 1. The lowest BCUT2D eigenvalue weighted by molar-refractivity contribution is 0.0713. The second kappa shape index (κ2) is 11.2. The molecule has 2 aliphatic heterocycles. The van der Waals surface area contributed by atoms with Gasteiger partial charge in [-0.3, -0.25) is 9.69 Å². The van der Waals surface area contributed by atoms with Crippen molar-refractivity contribution in [2.45, 2.75) is 46.2 Å². The summed E-state index contributed by atoms with van der Waals surface area (Å²) < 4.78 is 20.5. The Bertz CT molecular complexity index is 1670. The molecule has 0 aliphatic carbocycles. The fraction of sp³-hybridized carbons (Fsp3) is 0.419. The molecule has 2 saturated heterocycles. The summed E-state index contributed by atoms with van der Waals surface area (Å²) in [6.07, 6.45) is 5.21. The molecule has 6 rings (SSSR count). The molecular weight excluding hydrogens is 537 g/mol. The maximum atomic E-state index is 14.3. The summed E-state index contributed by atoms with van der Waals surface area (Å²) in [5.74, 6) is 0.600. The third-order valence-electron chi connectivity index (χ3n) is 8.52. The highest BCUT2D eigenvalue weighted by molar-refractivity contribution is 5.97. The zero-order chi connectivity index (χ0) is 29.4. The minimum atomic E-state index is -0.497. The zero-order valence-corrected chi connectivity index (χ0v) is 24.2. The number of hydrogen-bond acceptors (Lipinski definition) is 7. The van der Waals surface area contributed by atoms with Crippen LogP contribution in [0.1, 0.15) is 49.5 Å². The fourth-order valence-corrected chi connectivity index (χ4v) is 6.44. The van der Waals surface area contributed by atoms with E-state index in [4.69, 9.17) is 4.74 Å². The molecular formula is C31H36FN7O3. The molecule has 2 N–H and O–H groups in total. The molecule has 11 heteroatoms. The van der Waals surface area contributed by atoms with E-state index in [1.165, 1.54) is 30.1 Å². The van der Waals surface area contributed by atoms with Gasteiger partial charge in [0, 0.05) is 44.2 Å². The van der Waals surface area contributed by atoms with Crippen LogP contribution in [-0.2, 0) is 6.54 Å². The molecule has 220 valence electrons. The van der Waals surface area contributed by atoms with Crippen molar-refractivity contribution in [2.24, 2.45) is 5.41 Å². The third-order valence-corrected chi connectivity index (χ3v) is 8.52. The van der Waals surface area contributed by atoms with Gasteiger partial charge in [0.1, 0.15) is 17.9 Å². The molecule has 0 saturated carbocycles. The first kappa shape index (κ1) is 27.9. The molecule has 2 fully saturated rings. The zero-order valence-electron chi connectivity index (χ0n) is 24.2. The van der Waals surface area contributed by atoms with Gasteiger partial charge < -0.3 is 24.5 Å². The van der Waals surface area contributed by atoms with E-state index < -0.39 is 5.82 Å². The van der Waals surface area contributed by atoms with Crippen LogP contribution in [0.5, 0.6) is 11.5 Å². The summed E-state index contributed by atoms with van der Waals surface area (Å²) >= 11 is 0. The molecule has 0 bridgehead atoms. The van der Waals surface area contributed by atoms with E-state index in [9.17, 15) is 14.0 Å². The Hall–Kier alpha value is -4.25. The largest absolute Gasteiger partial charge is 0.451 e. The molecule has 1 amide bonds. The quantitative estimate of drug-likeness (QED) is 0.318. The van der Waals surface area contributed by atoms with Crippen molar-refractivity contribution in [2.75, 3.05) is 37.6 Å². The number of H-pyrrole nitrogens is 2. The second-order valence-electron chi connectivity index (χ2n) is 11.7. The van der Waals surface area contributed by atoms with Gasteiger partial charge in [-0.25, -0.2) is 19.2 Å². The smallest absolute Gasteiger partial charge is 0.323 e. The van der Waals surface area contributed by atoms with Crippen LogP contribution in [0.3, 0.4) is 0 Å². The van der Waals surface area contributed by atoms with E-state index in [2.05, 4.69) is 35.8 Å². The number of carbonyl (C=O) groups is 1. The maximum absolute atomic E-state index is 14.3. The number of benzene rings is 2. The number of rotatable bonds is 8. The number of anilines is 1. The van der Waals surface area contributed by atoms with Crippen molar-refractivity contribution in [3.05, 3.63) is 76.4 Å². The Balaban J connectivity index is 1.18. The number of nitrogens with one attached hydrogen (secondary N) is 2. The van der Waals surface area contributed by atoms with Gasteiger partial charge >= 0.3 is 5.69 Å². The molecule has 2 aromatic heterocycles. The molecule has 42 heavy (non-hydrogen) atoms. The summed E-state index contributed by atoms with van der Waals surface area (Å²) in [5.41, 5.74) is 2.92. The Morgan fingerprint density at radius 2 is 1.90 bits per heavy atom. The number of ether oxygens (including phenoxy) is 1. The number of carbonyl (C=O) groups excluding carboxylic acids is 1. The SMILES string of the molecule is CCN(C(=O)c1cc(F)ccc1Oc1cncnc1N1CCC2(CCN(Cc3ccc4[nH]c(=O)[nH]c4c3)C2)C1)C(C)C. The predicted molar refractivity (Wildman–Crippen MR) is 158 cm³/mol. The number of aromatic amines is 2. The number of imidazole rings is 1. The number of amides is 1. The van der Waals surface area contributed by atoms with E-state index in [1.54, 1.807) is 11.1 Å². The standard InChI is InChI=1S/C31H36FN7O3/c1-4-39(20(2)3)29(40)23-14-22(32)6-8-26(23)42-27-15-33-19-34-28(27)38-12-10-31(18-38)9-11-37(17-31)16-21-5-7-24-25(13-21)36-30(41)35-24/h5-8,13-15,19-20H,4,9-12,16-18H2,1-3H3,(H2,35,36,41). The Morgan fingerprint density at radius 1 is 1.10 bits per heavy atom. The lowest BCUT2D eigenvalue weighted by Gasteiger charge is -2.27. The summed E-state index contributed by atoms with van der Waals surface area (Å²) in [6.45, 7) is 10.7. The van der Waals surface area contributed by atoms with Crippen molar-refractivity contribution in [1.82, 2.24) is 29.7 Å². The molecule has 1 atom stereocenters. The first-order valence-corrected chi connectivity index (χ1v) is 14.5. The molecule has 4 aromatic rings. The highest BCUT2D eigenvalue weighted by Gasteiger charge is 2.44. The lowest BCUT2D eigenvalue weighted by atomic mass is 9.86. The first-order valence-electron chi connectivity index (χ1n) is 14.5. The fourth-order valence-electron chi connectivity index (χ4n) is 6.44. The van der Waals surface area contributed by atoms with E-state index in [1.807, 2.05) is 32.9 Å². The highest BCUT2D eigenvalue weighted by Crippen LogP contribution is 2.43. The van der Waals surface area contributed by atoms with Crippen LogP contribution >= 0.6 is 0 Å². The predicted octanol–water partition coefficient (Wildman–Crippen LogP) is 4.55. The van der Waals surface area contributed by atoms with Gasteiger partial charge in [0.15, 0.2) is 11.6 Å². The number of hydrogen-bond donors (Lipinski definition) is 2. The topological polar surface area (TPSA) is 110 Å². The van der Waals surface area contributed by atoms with Gasteiger partial charge in [-0.15, -0.1) is 0 Å². The highest BCUT2D eigenvalue weighted by atomic mass is 19.1. The van der Waals surface area contributed by atoms with Gasteiger partial charge in [-0.05, 0) is 76.1 Å². The van der Waals surface area contributed by atoms with Crippen LogP contribution < -0.4 is 15.3 Å². The summed E-state index contributed by atoms with van der Waals surface area (Å²) in [4.78, 5) is 45.8. The average Bonchev–Trinajstić information content (AvgIpc) is 3.67. The van der Waals surface area contributed by atoms with Crippen molar-refractivity contribution >= 4 is 22.8 Å². The third kappa shape index (κ3) is 5.48. The summed E-state index contributed by atoms with van der Waals surface area (Å²) in [5, 5.41) is 0. The second-order valence-corrected chi connectivity index (χ2v) is 11.7. The minimum Gasteiger partial charge on any atom is -0.451 e. The Kier molecular flexibility index (Phi) is 7.44. The summed E-state index contributed by atoms with van der Waals surface area (Å²) in [6, 6.07) is 10.0. The van der Waals surface area contributed by atoms with Gasteiger partial charge in [0.25, 0.3) is 5.91 Å². The van der Waals surface area contributed by atoms with Crippen molar-refractivity contribution in [3.63, 3.8) is 0 Å².